The molecule has 1 aromatic carbocycles. The number of ether oxygens (including phenoxy) is 1. The summed E-state index contributed by atoms with van der Waals surface area (Å²) in [6, 6.07) is 7.79. The molecule has 0 radical (unpaired) electrons. The third-order valence-corrected chi connectivity index (χ3v) is 5.46. The molecule has 4 rings (SSSR count). The summed E-state index contributed by atoms with van der Waals surface area (Å²) in [4.78, 5) is 16.7. The summed E-state index contributed by atoms with van der Waals surface area (Å²) in [5, 5.41) is 7.34. The number of anilines is 1. The van der Waals surface area contributed by atoms with E-state index < -0.39 is 6.09 Å². The number of nitrogens with zero attached hydrogens (tertiary/aromatic N) is 4. The zero-order valence-electron chi connectivity index (χ0n) is 17.8. The first-order valence-electron chi connectivity index (χ1n) is 10.2. The summed E-state index contributed by atoms with van der Waals surface area (Å²) >= 11 is 0. The average Bonchev–Trinajstić information content (AvgIpc) is 3.29. The van der Waals surface area contributed by atoms with Crippen LogP contribution in [0.5, 0.6) is 0 Å². The number of carbonyl (C=O) groups excluding carboxylic acids is 1. The smallest absolute Gasteiger partial charge is 0.413 e. The van der Waals surface area contributed by atoms with E-state index in [1.54, 1.807) is 4.68 Å². The van der Waals surface area contributed by atoms with Crippen molar-refractivity contribution in [3.63, 3.8) is 0 Å². The van der Waals surface area contributed by atoms with Crippen molar-refractivity contribution in [2.24, 2.45) is 13.0 Å². The Morgan fingerprint density at radius 2 is 2.17 bits per heavy atom. The number of nitrogens with one attached hydrogen (secondary N) is 1. The lowest BCUT2D eigenvalue weighted by molar-refractivity contribution is 0.155. The molecular weight excluding hydrogens is 378 g/mol. The van der Waals surface area contributed by atoms with Crippen molar-refractivity contribution in [3.8, 4) is 0 Å². The van der Waals surface area contributed by atoms with Gasteiger partial charge in [0.15, 0.2) is 0 Å². The van der Waals surface area contributed by atoms with E-state index in [0.717, 1.165) is 40.8 Å². The number of hydrogen-bond acceptors (Lipinski definition) is 4. The van der Waals surface area contributed by atoms with Crippen LogP contribution in [-0.4, -0.2) is 25.4 Å². The summed E-state index contributed by atoms with van der Waals surface area (Å²) in [7, 11) is 1.81. The van der Waals surface area contributed by atoms with Crippen LogP contribution < -0.4 is 5.32 Å². The summed E-state index contributed by atoms with van der Waals surface area (Å²) < 4.78 is 9.14. The molecule has 0 saturated heterocycles. The van der Waals surface area contributed by atoms with E-state index in [4.69, 9.17) is 4.74 Å². The van der Waals surface area contributed by atoms with Crippen LogP contribution in [0.3, 0.4) is 0 Å². The number of aromatic nitrogens is 4. The number of amides is 1. The van der Waals surface area contributed by atoms with E-state index in [0.29, 0.717) is 11.7 Å². The van der Waals surface area contributed by atoms with E-state index in [2.05, 4.69) is 52.9 Å². The van der Waals surface area contributed by atoms with Crippen LogP contribution >= 0.6 is 0 Å². The molecule has 30 heavy (non-hydrogen) atoms. The molecule has 1 N–H and O–H groups in total. The molecule has 156 valence electrons. The largest absolute Gasteiger partial charge is 0.444 e. The van der Waals surface area contributed by atoms with E-state index in [-0.39, 0.29) is 6.61 Å². The summed E-state index contributed by atoms with van der Waals surface area (Å²) in [6.45, 7) is 7.45. The Bertz CT molecular complexity index is 1150. The fourth-order valence-electron chi connectivity index (χ4n) is 3.82. The first kappa shape index (κ1) is 19.9. The molecule has 1 aliphatic rings. The maximum Gasteiger partial charge on any atom is 0.413 e. The number of carbonyl (C=O) groups is 1. The van der Waals surface area contributed by atoms with Crippen LogP contribution in [0, 0.1) is 5.92 Å². The Labute approximate surface area is 176 Å². The van der Waals surface area contributed by atoms with Crippen LogP contribution in [0.25, 0.3) is 16.6 Å². The molecule has 7 heteroatoms. The number of aryl methyl sites for hydroxylation is 2. The number of benzene rings is 1. The zero-order chi connectivity index (χ0) is 21.3. The van der Waals surface area contributed by atoms with Gasteiger partial charge in [-0.05, 0) is 43.9 Å². The van der Waals surface area contributed by atoms with Gasteiger partial charge in [-0.15, -0.1) is 0 Å². The molecule has 1 unspecified atom stereocenters. The van der Waals surface area contributed by atoms with E-state index >= 15 is 0 Å². The molecule has 0 spiro atoms. The zero-order valence-corrected chi connectivity index (χ0v) is 17.8. The second-order valence-corrected chi connectivity index (χ2v) is 7.83. The standard InChI is InChI=1S/C23H27N5O2/c1-5-28-14-24-20-11-17(7-9-21(20)28)13-30-23(29)25-22-12-19(26-27(22)4)18-8-6-15(2)10-16(18)3/h6-9,11-12,14-15H,5,10,13H2,1-4H3,(H,25,29). The number of rotatable bonds is 5. The quantitative estimate of drug-likeness (QED) is 0.655. The van der Waals surface area contributed by atoms with E-state index in [1.807, 2.05) is 37.6 Å². The molecule has 0 fully saturated rings. The Morgan fingerprint density at radius 3 is 2.93 bits per heavy atom. The molecule has 1 amide bonds. The van der Waals surface area contributed by atoms with Crippen molar-refractivity contribution >= 4 is 28.5 Å². The van der Waals surface area contributed by atoms with Crippen molar-refractivity contribution in [1.29, 1.82) is 0 Å². The fraction of sp³-hybridized carbons (Fsp3) is 0.348. The minimum Gasteiger partial charge on any atom is -0.444 e. The van der Waals surface area contributed by atoms with Gasteiger partial charge in [0, 0.05) is 25.2 Å². The van der Waals surface area contributed by atoms with Gasteiger partial charge in [-0.2, -0.15) is 5.10 Å². The Hall–Kier alpha value is -3.35. The van der Waals surface area contributed by atoms with E-state index in [1.165, 1.54) is 5.57 Å². The van der Waals surface area contributed by atoms with Crippen LogP contribution in [0.1, 0.15) is 38.4 Å². The molecular formula is C23H27N5O2. The predicted molar refractivity (Wildman–Crippen MR) is 118 cm³/mol. The summed E-state index contributed by atoms with van der Waals surface area (Å²) in [6.07, 6.45) is 6.64. The molecule has 3 aromatic rings. The topological polar surface area (TPSA) is 74.0 Å². The van der Waals surface area contributed by atoms with Crippen molar-refractivity contribution in [2.45, 2.75) is 40.3 Å². The predicted octanol–water partition coefficient (Wildman–Crippen LogP) is 4.91. The highest BCUT2D eigenvalue weighted by Gasteiger charge is 2.16. The summed E-state index contributed by atoms with van der Waals surface area (Å²) in [5.74, 6) is 1.14. The van der Waals surface area contributed by atoms with Gasteiger partial charge >= 0.3 is 6.09 Å². The van der Waals surface area contributed by atoms with Crippen LogP contribution in [0.2, 0.25) is 0 Å². The fourth-order valence-corrected chi connectivity index (χ4v) is 3.82. The third-order valence-electron chi connectivity index (χ3n) is 5.46. The number of imidazole rings is 1. The highest BCUT2D eigenvalue weighted by Crippen LogP contribution is 2.30. The Morgan fingerprint density at radius 1 is 1.33 bits per heavy atom. The van der Waals surface area contributed by atoms with Crippen LogP contribution in [0.15, 0.2) is 48.3 Å². The molecule has 1 aliphatic carbocycles. The van der Waals surface area contributed by atoms with Crippen molar-refractivity contribution in [2.75, 3.05) is 5.32 Å². The summed E-state index contributed by atoms with van der Waals surface area (Å²) in [5.41, 5.74) is 6.14. The monoisotopic (exact) mass is 405 g/mol. The van der Waals surface area contributed by atoms with Gasteiger partial charge in [0.25, 0.3) is 0 Å². The minimum absolute atomic E-state index is 0.177. The maximum atomic E-state index is 12.3. The van der Waals surface area contributed by atoms with Gasteiger partial charge in [0.2, 0.25) is 0 Å². The molecule has 0 bridgehead atoms. The van der Waals surface area contributed by atoms with Crippen molar-refractivity contribution in [3.05, 3.63) is 59.6 Å². The minimum atomic E-state index is -0.512. The van der Waals surface area contributed by atoms with Gasteiger partial charge in [-0.3, -0.25) is 10.00 Å². The van der Waals surface area contributed by atoms with Gasteiger partial charge in [0.05, 0.1) is 23.1 Å². The van der Waals surface area contributed by atoms with Gasteiger partial charge in [-0.1, -0.05) is 30.7 Å². The van der Waals surface area contributed by atoms with Gasteiger partial charge in [-0.25, -0.2) is 9.78 Å². The Balaban J connectivity index is 1.40. The van der Waals surface area contributed by atoms with E-state index in [9.17, 15) is 4.79 Å². The van der Waals surface area contributed by atoms with Crippen molar-refractivity contribution < 1.29 is 9.53 Å². The highest BCUT2D eigenvalue weighted by molar-refractivity contribution is 5.85. The van der Waals surface area contributed by atoms with Crippen LogP contribution in [0.4, 0.5) is 10.6 Å². The molecule has 1 atom stereocenters. The lowest BCUT2D eigenvalue weighted by atomic mass is 9.90. The molecule has 0 aliphatic heterocycles. The normalized spacial score (nSPS) is 16.3. The first-order chi connectivity index (χ1) is 14.4. The van der Waals surface area contributed by atoms with Crippen molar-refractivity contribution in [1.82, 2.24) is 19.3 Å². The second kappa shape index (κ2) is 8.18. The SMILES string of the molecule is CCn1cnc2cc(COC(=O)Nc3cc(C4=C(C)CC(C)C=C4)nn3C)ccc21. The molecule has 2 heterocycles. The second-order valence-electron chi connectivity index (χ2n) is 7.83. The number of allylic oxidation sites excluding steroid dienone is 4. The average molecular weight is 406 g/mol. The Kier molecular flexibility index (Phi) is 5.44. The van der Waals surface area contributed by atoms with Crippen LogP contribution in [-0.2, 0) is 24.9 Å². The molecule has 7 nitrogen and oxygen atoms in total. The van der Waals surface area contributed by atoms with Gasteiger partial charge in [0.1, 0.15) is 12.4 Å². The highest BCUT2D eigenvalue weighted by atomic mass is 16.5. The number of hydrogen-bond donors (Lipinski definition) is 1. The molecule has 0 saturated carbocycles. The van der Waals surface area contributed by atoms with Gasteiger partial charge < -0.3 is 9.30 Å². The third kappa shape index (κ3) is 4.01. The lowest BCUT2D eigenvalue weighted by Gasteiger charge is -2.15. The molecule has 2 aromatic heterocycles. The number of fused-ring (bicyclic) bond motifs is 1. The lowest BCUT2D eigenvalue weighted by Crippen LogP contribution is -2.15. The maximum absolute atomic E-state index is 12.3. The first-order valence-corrected chi connectivity index (χ1v) is 10.2.